The number of ether oxygens (including phenoxy) is 1. The fourth-order valence-corrected chi connectivity index (χ4v) is 13.6. The first-order valence-electron chi connectivity index (χ1n) is 30.3. The third-order valence-electron chi connectivity index (χ3n) is 13.7. The van der Waals surface area contributed by atoms with E-state index >= 15 is 0 Å². The minimum Gasteiger partial charge on any atom is -0.494 e. The molecule has 8 aromatic rings. The van der Waals surface area contributed by atoms with E-state index in [1.54, 1.807) is 148 Å². The number of halogens is 2. The van der Waals surface area contributed by atoms with Crippen LogP contribution in [0.25, 0.3) is 33.4 Å². The molecule has 2 aromatic carbocycles. The van der Waals surface area contributed by atoms with Crippen molar-refractivity contribution < 1.29 is 74.2 Å². The van der Waals surface area contributed by atoms with Crippen molar-refractivity contribution in [2.45, 2.75) is 112 Å². The van der Waals surface area contributed by atoms with Crippen LogP contribution in [0.4, 0.5) is 4.39 Å². The SMILES string of the molecule is CC(C)(C)OP(=O)(OCCl)OC(C)(C)C.COc1cnc(-n2ccnn2)c2c1c(C(=O)C(=O)N1CCN(C(=O)c3ccccc3)CC1)cn2COP(=O)(OC(C)(C)C)OC(C)(C)C.O=C(C(=O)N1CCN(C(=O)c2ccccc2)CC1)c1c[nH]c2c(-n3ccnn3)ncc(F)c12. The Kier molecular flexibility index (Phi) is 23.2. The fraction of sp³-hybridized carbons (Fsp3) is 0.429. The van der Waals surface area contributed by atoms with Crippen LogP contribution in [-0.4, -0.2) is 192 Å². The summed E-state index contributed by atoms with van der Waals surface area (Å²) in [5.74, 6) is -3.43. The summed E-state index contributed by atoms with van der Waals surface area (Å²) >= 11 is 5.39. The summed E-state index contributed by atoms with van der Waals surface area (Å²) in [4.78, 5) is 96.6. The van der Waals surface area contributed by atoms with Gasteiger partial charge in [0, 0.05) is 75.9 Å². The first-order chi connectivity index (χ1) is 45.1. The maximum Gasteiger partial charge on any atom is 0.477 e. The zero-order valence-corrected chi connectivity index (χ0v) is 58.1. The lowest BCUT2D eigenvalue weighted by molar-refractivity contribution is -0.128. The van der Waals surface area contributed by atoms with E-state index in [9.17, 15) is 42.3 Å². The summed E-state index contributed by atoms with van der Waals surface area (Å²) in [5, 5.41) is 15.7. The van der Waals surface area contributed by atoms with Gasteiger partial charge in [-0.15, -0.1) is 10.2 Å². The minimum absolute atomic E-state index is 0.00492. The predicted molar refractivity (Wildman–Crippen MR) is 350 cm³/mol. The summed E-state index contributed by atoms with van der Waals surface area (Å²) in [6, 6.07) is 17.5. The van der Waals surface area contributed by atoms with E-state index < -0.39 is 74.0 Å². The summed E-state index contributed by atoms with van der Waals surface area (Å²) in [6.07, 6.45) is 11.1. The number of ketones is 2. The van der Waals surface area contributed by atoms with Gasteiger partial charge in [-0.25, -0.2) is 32.9 Å². The molecule has 8 heterocycles. The number of carbonyl (C=O) groups is 6. The molecule has 2 fully saturated rings. The predicted octanol–water partition coefficient (Wildman–Crippen LogP) is 9.89. The molecular formula is C63H78ClFN14O15P2. The van der Waals surface area contributed by atoms with Crippen molar-refractivity contribution in [1.29, 1.82) is 0 Å². The number of nitrogens with one attached hydrogen (secondary N) is 1. The topological polar surface area (TPSA) is 322 Å². The van der Waals surface area contributed by atoms with Gasteiger partial charge in [-0.1, -0.05) is 58.4 Å². The van der Waals surface area contributed by atoms with Gasteiger partial charge >= 0.3 is 15.6 Å². The van der Waals surface area contributed by atoms with Crippen molar-refractivity contribution in [3.63, 3.8) is 0 Å². The van der Waals surface area contributed by atoms with Crippen LogP contribution >= 0.6 is 27.2 Å². The maximum atomic E-state index is 14.6. The number of piperazine rings is 2. The number of carbonyl (C=O) groups excluding carboxylic acids is 6. The molecule has 0 radical (unpaired) electrons. The number of Topliss-reactive ketones (excluding diaryl/α,β-unsaturated/α-hetero) is 2. The number of hydrogen-bond acceptors (Lipinski definition) is 21. The molecule has 0 spiro atoms. The van der Waals surface area contributed by atoms with E-state index in [0.717, 1.165) is 6.20 Å². The smallest absolute Gasteiger partial charge is 0.477 e. The molecule has 10 rings (SSSR count). The molecule has 0 saturated carbocycles. The first-order valence-corrected chi connectivity index (χ1v) is 33.8. The van der Waals surface area contributed by atoms with Crippen LogP contribution < -0.4 is 4.74 Å². The number of fused-ring (bicyclic) bond motifs is 2. The number of phosphoric acid groups is 2. The fourth-order valence-electron chi connectivity index (χ4n) is 9.92. The van der Waals surface area contributed by atoms with E-state index in [0.29, 0.717) is 29.7 Å². The number of rotatable bonds is 18. The number of phosphoric ester groups is 2. The number of hydrogen-bond donors (Lipinski definition) is 1. The van der Waals surface area contributed by atoms with Crippen LogP contribution in [0, 0.1) is 5.82 Å². The van der Waals surface area contributed by atoms with Crippen molar-refractivity contribution in [3.8, 4) is 17.4 Å². The second-order valence-electron chi connectivity index (χ2n) is 25.7. The zero-order valence-electron chi connectivity index (χ0n) is 55.6. The number of H-pyrrole nitrogens is 1. The molecule has 96 heavy (non-hydrogen) atoms. The highest BCUT2D eigenvalue weighted by Crippen LogP contribution is 2.57. The minimum atomic E-state index is -4.19. The lowest BCUT2D eigenvalue weighted by atomic mass is 10.1. The quantitative estimate of drug-likeness (QED) is 0.0361. The summed E-state index contributed by atoms with van der Waals surface area (Å²) in [5.41, 5.74) is -1.44. The van der Waals surface area contributed by atoms with E-state index in [2.05, 4.69) is 35.6 Å². The Morgan fingerprint density at radius 3 is 1.40 bits per heavy atom. The second-order valence-corrected chi connectivity index (χ2v) is 29.0. The van der Waals surface area contributed by atoms with E-state index in [4.69, 9.17) is 43.5 Å². The Bertz CT molecular complexity index is 4110. The number of alkyl halides is 1. The lowest BCUT2D eigenvalue weighted by Gasteiger charge is -2.34. The number of aromatic nitrogens is 10. The third-order valence-corrected chi connectivity index (χ3v) is 17.9. The summed E-state index contributed by atoms with van der Waals surface area (Å²) in [7, 11) is -6.37. The Hall–Kier alpha value is -8.44. The number of amides is 4. The standard InChI is InChI=1S/C32H40N7O8P.C22H18FN7O3.C9H20ClO4P/c1-31(2,3)46-48(43,47-32(4,5)6)45-21-38-20-23(25-24(44-7)19-33-28(26(25)38)39-14-13-34-35-39)27(40)30(42)37-17-15-36(16-18-37)29(41)22-11-9-8-10-12-22;23-16-13-25-20(30-7-6-26-27-30)18-17(16)15(12-24-18)19(31)22(33)29-10-8-28(9-11-29)21(32)14-4-2-1-3-5-14;1-8(2,3)13-15(11,12-7-10)14-9(4,5)6/h8-14,19-20H,15-18,21H2,1-7H3;1-7,12-13,24H,8-11H2;7H2,1-6H3. The Morgan fingerprint density at radius 2 is 0.979 bits per heavy atom. The van der Waals surface area contributed by atoms with Crippen molar-refractivity contribution in [1.82, 2.24) is 69.1 Å². The van der Waals surface area contributed by atoms with Crippen LogP contribution in [0.5, 0.6) is 5.75 Å². The Balaban J connectivity index is 0.000000211. The van der Waals surface area contributed by atoms with Crippen molar-refractivity contribution in [2.75, 3.05) is 65.5 Å². The monoisotopic (exact) mass is 1390 g/mol. The maximum absolute atomic E-state index is 14.6. The normalized spacial score (nSPS) is 14.2. The summed E-state index contributed by atoms with van der Waals surface area (Å²) < 4.78 is 83.2. The highest BCUT2D eigenvalue weighted by atomic mass is 35.5. The molecule has 2 aliphatic heterocycles. The molecule has 2 aliphatic rings. The van der Waals surface area contributed by atoms with Crippen molar-refractivity contribution >= 4 is 84.2 Å². The van der Waals surface area contributed by atoms with Crippen LogP contribution in [-0.2, 0) is 52.6 Å². The number of pyridine rings is 2. The molecular weight excluding hydrogens is 1310 g/mol. The van der Waals surface area contributed by atoms with Crippen LogP contribution in [0.2, 0.25) is 0 Å². The highest BCUT2D eigenvalue weighted by molar-refractivity contribution is 7.48. The van der Waals surface area contributed by atoms with Crippen molar-refractivity contribution in [3.05, 3.63) is 138 Å². The van der Waals surface area contributed by atoms with Gasteiger partial charge in [-0.3, -0.25) is 55.9 Å². The first kappa shape index (κ1) is 73.4. The molecule has 0 atom stereocenters. The molecule has 29 nitrogen and oxygen atoms in total. The van der Waals surface area contributed by atoms with Gasteiger partial charge < -0.3 is 33.9 Å². The van der Waals surface area contributed by atoms with Crippen LogP contribution in [0.15, 0.2) is 110 Å². The molecule has 2 saturated heterocycles. The molecule has 4 amide bonds. The number of methoxy groups -OCH3 is 1. The molecule has 6 aromatic heterocycles. The molecule has 0 aliphatic carbocycles. The van der Waals surface area contributed by atoms with Gasteiger partial charge in [0.15, 0.2) is 17.5 Å². The Labute approximate surface area is 558 Å². The average Bonchev–Trinajstić information content (AvgIpc) is 1.59. The van der Waals surface area contributed by atoms with Gasteiger partial charge in [0.05, 0.1) is 94.1 Å². The zero-order chi connectivity index (χ0) is 70.1. The van der Waals surface area contributed by atoms with Crippen molar-refractivity contribution in [2.24, 2.45) is 0 Å². The third kappa shape index (κ3) is 18.8. The molecule has 1 N–H and O–H groups in total. The average molecular weight is 1390 g/mol. The van der Waals surface area contributed by atoms with E-state index in [-0.39, 0.29) is 102 Å². The molecule has 33 heteroatoms. The van der Waals surface area contributed by atoms with Crippen LogP contribution in [0.1, 0.15) is 125 Å². The number of nitrogens with zero attached hydrogens (tertiary/aromatic N) is 13. The second kappa shape index (κ2) is 30.3. The number of aromatic amines is 1. The van der Waals surface area contributed by atoms with Gasteiger partial charge in [-0.2, -0.15) is 0 Å². The van der Waals surface area contributed by atoms with Gasteiger partial charge in [0.1, 0.15) is 24.1 Å². The lowest BCUT2D eigenvalue weighted by Crippen LogP contribution is -2.52. The van der Waals surface area contributed by atoms with Gasteiger partial charge in [0.2, 0.25) is 0 Å². The van der Waals surface area contributed by atoms with E-state index in [1.807, 2.05) is 12.1 Å². The molecule has 0 bridgehead atoms. The molecule has 514 valence electrons. The Morgan fingerprint density at radius 1 is 0.562 bits per heavy atom. The van der Waals surface area contributed by atoms with Gasteiger partial charge in [0.25, 0.3) is 35.2 Å². The van der Waals surface area contributed by atoms with Crippen LogP contribution in [0.3, 0.4) is 0 Å². The van der Waals surface area contributed by atoms with E-state index in [1.165, 1.54) is 68.0 Å². The van der Waals surface area contributed by atoms with Gasteiger partial charge in [-0.05, 0) is 107 Å². The largest absolute Gasteiger partial charge is 0.494 e. The number of benzene rings is 2. The summed E-state index contributed by atoms with van der Waals surface area (Å²) in [6.45, 7) is 22.4. The molecule has 0 unspecified atom stereocenters. The highest BCUT2D eigenvalue weighted by Gasteiger charge is 2.40.